The van der Waals surface area contributed by atoms with Gasteiger partial charge in [-0.3, -0.25) is 9.59 Å². The summed E-state index contributed by atoms with van der Waals surface area (Å²) in [5.74, 6) is 0.0766. The summed E-state index contributed by atoms with van der Waals surface area (Å²) in [6, 6.07) is 11.4. The molecule has 1 fully saturated rings. The summed E-state index contributed by atoms with van der Waals surface area (Å²) < 4.78 is 0. The van der Waals surface area contributed by atoms with Crippen molar-refractivity contribution >= 4 is 16.9 Å². The number of benzene rings is 2. The Balaban J connectivity index is 1.80. The van der Waals surface area contributed by atoms with Crippen LogP contribution in [-0.2, 0) is 0 Å². The van der Waals surface area contributed by atoms with Crippen molar-refractivity contribution in [3.8, 4) is 11.3 Å². The van der Waals surface area contributed by atoms with Gasteiger partial charge in [0.25, 0.3) is 11.5 Å². The van der Waals surface area contributed by atoms with E-state index in [-0.39, 0.29) is 17.5 Å². The van der Waals surface area contributed by atoms with Gasteiger partial charge in [0.15, 0.2) is 0 Å². The zero-order valence-electron chi connectivity index (χ0n) is 13.9. The summed E-state index contributed by atoms with van der Waals surface area (Å²) in [6.07, 6.45) is 1.95. The van der Waals surface area contributed by atoms with Gasteiger partial charge in [0.2, 0.25) is 0 Å². The number of nitrogens with one attached hydrogen (secondary N) is 1. The van der Waals surface area contributed by atoms with Crippen LogP contribution in [0.2, 0.25) is 0 Å². The number of hydrogen-bond acceptors (Lipinski definition) is 3. The second-order valence-corrected chi connectivity index (χ2v) is 6.81. The molecule has 2 aliphatic heterocycles. The normalized spacial score (nSPS) is 18.7. The number of H-pyrrole nitrogens is 1. The number of carbonyl (C=O) groups excluding carboxylic acids is 1. The fourth-order valence-electron chi connectivity index (χ4n) is 4.22. The Hall–Kier alpha value is -2.95. The molecule has 0 saturated carbocycles. The molecule has 1 aromatic heterocycles. The SMILES string of the molecule is Cc1cccc2[nH]c(=O)c(-c3cccc4c3C3CCCN3C4=O)nc12. The van der Waals surface area contributed by atoms with Crippen LogP contribution in [0.25, 0.3) is 22.3 Å². The highest BCUT2D eigenvalue weighted by Crippen LogP contribution is 2.44. The third-order valence-corrected chi connectivity index (χ3v) is 5.36. The fraction of sp³-hybridized carbons (Fsp3) is 0.250. The zero-order valence-corrected chi connectivity index (χ0v) is 13.9. The van der Waals surface area contributed by atoms with E-state index >= 15 is 0 Å². The molecule has 25 heavy (non-hydrogen) atoms. The van der Waals surface area contributed by atoms with E-state index in [0.717, 1.165) is 47.1 Å². The van der Waals surface area contributed by atoms with Gasteiger partial charge >= 0.3 is 0 Å². The molecule has 3 heterocycles. The smallest absolute Gasteiger partial charge is 0.274 e. The van der Waals surface area contributed by atoms with E-state index in [1.165, 1.54) is 0 Å². The highest BCUT2D eigenvalue weighted by Gasteiger charge is 2.41. The maximum atomic E-state index is 12.7. The number of rotatable bonds is 1. The molecule has 5 heteroatoms. The average Bonchev–Trinajstić information content (AvgIpc) is 3.18. The van der Waals surface area contributed by atoms with Gasteiger partial charge in [-0.2, -0.15) is 0 Å². The second kappa shape index (κ2) is 5.02. The molecule has 124 valence electrons. The zero-order chi connectivity index (χ0) is 17.1. The summed E-state index contributed by atoms with van der Waals surface area (Å²) in [5.41, 5.74) is 5.20. The van der Waals surface area contributed by atoms with Crippen LogP contribution in [0.4, 0.5) is 0 Å². The van der Waals surface area contributed by atoms with Gasteiger partial charge < -0.3 is 9.88 Å². The summed E-state index contributed by atoms with van der Waals surface area (Å²) in [6.45, 7) is 2.77. The minimum atomic E-state index is -0.213. The molecular weight excluding hydrogens is 314 g/mol. The Morgan fingerprint density at radius 2 is 1.92 bits per heavy atom. The van der Waals surface area contributed by atoms with Gasteiger partial charge in [0, 0.05) is 17.7 Å². The Morgan fingerprint density at radius 1 is 1.12 bits per heavy atom. The molecule has 5 rings (SSSR count). The molecule has 1 unspecified atom stereocenters. The lowest BCUT2D eigenvalue weighted by Gasteiger charge is -2.16. The largest absolute Gasteiger partial charge is 0.332 e. The Kier molecular flexibility index (Phi) is 2.89. The summed E-state index contributed by atoms with van der Waals surface area (Å²) in [4.78, 5) is 34.9. The van der Waals surface area contributed by atoms with Gasteiger partial charge in [-0.05, 0) is 43.0 Å². The molecule has 1 saturated heterocycles. The molecular formula is C20H17N3O2. The quantitative estimate of drug-likeness (QED) is 0.745. The third-order valence-electron chi connectivity index (χ3n) is 5.36. The van der Waals surface area contributed by atoms with E-state index < -0.39 is 0 Å². The lowest BCUT2D eigenvalue weighted by atomic mass is 9.94. The number of aromatic nitrogens is 2. The number of fused-ring (bicyclic) bond motifs is 4. The molecule has 2 aliphatic rings. The Bertz CT molecular complexity index is 1100. The van der Waals surface area contributed by atoms with E-state index in [4.69, 9.17) is 0 Å². The molecule has 1 N–H and O–H groups in total. The van der Waals surface area contributed by atoms with Crippen molar-refractivity contribution in [3.63, 3.8) is 0 Å². The minimum Gasteiger partial charge on any atom is -0.332 e. The number of hydrogen-bond donors (Lipinski definition) is 1. The topological polar surface area (TPSA) is 66.1 Å². The van der Waals surface area contributed by atoms with Crippen molar-refractivity contribution in [2.45, 2.75) is 25.8 Å². The van der Waals surface area contributed by atoms with Gasteiger partial charge in [-0.25, -0.2) is 4.98 Å². The fourth-order valence-corrected chi connectivity index (χ4v) is 4.22. The van der Waals surface area contributed by atoms with Crippen molar-refractivity contribution in [2.75, 3.05) is 6.54 Å². The van der Waals surface area contributed by atoms with Gasteiger partial charge in [0.1, 0.15) is 5.69 Å². The first-order valence-electron chi connectivity index (χ1n) is 8.59. The van der Waals surface area contributed by atoms with Crippen LogP contribution in [0.5, 0.6) is 0 Å². The molecule has 0 aliphatic carbocycles. The van der Waals surface area contributed by atoms with Crippen molar-refractivity contribution in [3.05, 3.63) is 63.4 Å². The lowest BCUT2D eigenvalue weighted by Crippen LogP contribution is -2.22. The van der Waals surface area contributed by atoms with Gasteiger partial charge in [-0.15, -0.1) is 0 Å². The molecule has 0 radical (unpaired) electrons. The number of amides is 1. The predicted octanol–water partition coefficient (Wildman–Crippen LogP) is 3.19. The van der Waals surface area contributed by atoms with E-state index in [1.807, 2.05) is 48.2 Å². The van der Waals surface area contributed by atoms with Crippen molar-refractivity contribution in [1.29, 1.82) is 0 Å². The number of para-hydroxylation sites is 1. The third kappa shape index (κ3) is 1.92. The first kappa shape index (κ1) is 14.4. The summed E-state index contributed by atoms with van der Waals surface area (Å²) >= 11 is 0. The van der Waals surface area contributed by atoms with Crippen LogP contribution in [0, 0.1) is 6.92 Å². The Morgan fingerprint density at radius 3 is 2.80 bits per heavy atom. The van der Waals surface area contributed by atoms with Crippen molar-refractivity contribution in [1.82, 2.24) is 14.9 Å². The van der Waals surface area contributed by atoms with E-state index in [1.54, 1.807) is 0 Å². The molecule has 0 spiro atoms. The summed E-state index contributed by atoms with van der Waals surface area (Å²) in [7, 11) is 0. The van der Waals surface area contributed by atoms with Gasteiger partial charge in [0.05, 0.1) is 17.1 Å². The first-order valence-corrected chi connectivity index (χ1v) is 8.59. The maximum absolute atomic E-state index is 12.7. The minimum absolute atomic E-state index is 0.0764. The van der Waals surface area contributed by atoms with E-state index in [2.05, 4.69) is 9.97 Å². The first-order chi connectivity index (χ1) is 12.1. The molecule has 2 aromatic carbocycles. The average molecular weight is 331 g/mol. The van der Waals surface area contributed by atoms with Crippen LogP contribution in [0.15, 0.2) is 41.2 Å². The number of carbonyl (C=O) groups is 1. The molecule has 5 nitrogen and oxygen atoms in total. The van der Waals surface area contributed by atoms with Crippen LogP contribution in [0.1, 0.15) is 40.4 Å². The van der Waals surface area contributed by atoms with Crippen LogP contribution in [-0.4, -0.2) is 27.3 Å². The maximum Gasteiger partial charge on any atom is 0.274 e. The van der Waals surface area contributed by atoms with E-state index in [0.29, 0.717) is 11.3 Å². The number of aryl methyl sites for hydroxylation is 1. The van der Waals surface area contributed by atoms with Crippen molar-refractivity contribution in [2.24, 2.45) is 0 Å². The van der Waals surface area contributed by atoms with Gasteiger partial charge in [-0.1, -0.05) is 24.3 Å². The molecule has 0 bridgehead atoms. The van der Waals surface area contributed by atoms with Crippen LogP contribution >= 0.6 is 0 Å². The highest BCUT2D eigenvalue weighted by atomic mass is 16.2. The highest BCUT2D eigenvalue weighted by molar-refractivity contribution is 6.01. The second-order valence-electron chi connectivity index (χ2n) is 6.81. The summed E-state index contributed by atoms with van der Waals surface area (Å²) in [5, 5.41) is 0. The molecule has 1 atom stereocenters. The van der Waals surface area contributed by atoms with Crippen molar-refractivity contribution < 1.29 is 4.79 Å². The lowest BCUT2D eigenvalue weighted by molar-refractivity contribution is 0.0776. The Labute approximate surface area is 144 Å². The van der Waals surface area contributed by atoms with Crippen LogP contribution < -0.4 is 5.56 Å². The van der Waals surface area contributed by atoms with E-state index in [9.17, 15) is 9.59 Å². The molecule has 3 aromatic rings. The predicted molar refractivity (Wildman–Crippen MR) is 95.5 cm³/mol. The number of aromatic amines is 1. The standard InChI is InChI=1S/C20H17N3O2/c1-11-5-2-8-14-17(11)22-18(19(24)21-14)12-6-3-7-13-16(12)15-9-4-10-23(15)20(13)25/h2-3,5-8,15H,4,9-10H2,1H3,(H,21,24). The van der Waals surface area contributed by atoms with Crippen LogP contribution in [0.3, 0.4) is 0 Å². The monoisotopic (exact) mass is 331 g/mol. The number of nitrogens with zero attached hydrogens (tertiary/aromatic N) is 2. The molecule has 1 amide bonds.